The molecule has 40 heavy (non-hydrogen) atoms. The van der Waals surface area contributed by atoms with Gasteiger partial charge in [-0.1, -0.05) is 54.1 Å². The van der Waals surface area contributed by atoms with E-state index in [0.717, 1.165) is 39.9 Å². The van der Waals surface area contributed by atoms with E-state index in [4.69, 9.17) is 9.72 Å². The molecule has 0 spiro atoms. The molecule has 0 bridgehead atoms. The largest absolute Gasteiger partial charge is 0.478 e. The van der Waals surface area contributed by atoms with Gasteiger partial charge in [0, 0.05) is 24.8 Å². The minimum atomic E-state index is -4.39. The number of carboxylic acid groups (broad SMARTS) is 1. The highest BCUT2D eigenvalue weighted by atomic mass is 19.4. The molecule has 0 atom stereocenters. The van der Waals surface area contributed by atoms with E-state index in [9.17, 15) is 23.1 Å². The number of hydrogen-bond donors (Lipinski definition) is 1. The number of hydrogen-bond acceptors (Lipinski definition) is 4. The van der Waals surface area contributed by atoms with Crippen LogP contribution in [0.1, 0.15) is 36.1 Å². The summed E-state index contributed by atoms with van der Waals surface area (Å²) in [6.45, 7) is 5.93. The van der Waals surface area contributed by atoms with Crippen LogP contribution < -0.4 is 9.64 Å². The maximum atomic E-state index is 13.1. The highest BCUT2D eigenvalue weighted by Crippen LogP contribution is 2.30. The molecule has 5 nitrogen and oxygen atoms in total. The van der Waals surface area contributed by atoms with Gasteiger partial charge in [-0.2, -0.15) is 13.2 Å². The van der Waals surface area contributed by atoms with E-state index in [2.05, 4.69) is 6.07 Å². The Morgan fingerprint density at radius 2 is 1.57 bits per heavy atom. The minimum Gasteiger partial charge on any atom is -0.478 e. The summed E-state index contributed by atoms with van der Waals surface area (Å²) in [6, 6.07) is 24.4. The van der Waals surface area contributed by atoms with Gasteiger partial charge in [-0.15, -0.1) is 0 Å². The van der Waals surface area contributed by atoms with Gasteiger partial charge >= 0.3 is 12.1 Å². The van der Waals surface area contributed by atoms with E-state index in [-0.39, 0.29) is 0 Å². The van der Waals surface area contributed by atoms with Crippen LogP contribution in [0.2, 0.25) is 0 Å². The summed E-state index contributed by atoms with van der Waals surface area (Å²) in [5, 5.41) is 9.29. The summed E-state index contributed by atoms with van der Waals surface area (Å²) in [4.78, 5) is 18.1. The molecule has 0 fully saturated rings. The van der Waals surface area contributed by atoms with Gasteiger partial charge in [0.2, 0.25) is 0 Å². The van der Waals surface area contributed by atoms with Crippen LogP contribution in [-0.4, -0.2) is 28.2 Å². The summed E-state index contributed by atoms with van der Waals surface area (Å²) >= 11 is 0. The third kappa shape index (κ3) is 7.40. The Bertz CT molecular complexity index is 1430. The maximum Gasteiger partial charge on any atom is 0.416 e. The van der Waals surface area contributed by atoms with E-state index in [1.165, 1.54) is 26.0 Å². The highest BCUT2D eigenvalue weighted by molar-refractivity contribution is 5.76. The number of rotatable bonds is 10. The molecule has 1 aromatic heterocycles. The predicted octanol–water partition coefficient (Wildman–Crippen LogP) is 7.57. The van der Waals surface area contributed by atoms with Crippen molar-refractivity contribution in [2.45, 2.75) is 45.5 Å². The topological polar surface area (TPSA) is 62.7 Å². The van der Waals surface area contributed by atoms with Crippen molar-refractivity contribution in [3.63, 3.8) is 0 Å². The first-order valence-electron chi connectivity index (χ1n) is 12.9. The van der Waals surface area contributed by atoms with Gasteiger partial charge in [-0.3, -0.25) is 0 Å². The smallest absolute Gasteiger partial charge is 0.416 e. The van der Waals surface area contributed by atoms with Gasteiger partial charge in [-0.05, 0) is 80.3 Å². The fourth-order valence-corrected chi connectivity index (χ4v) is 4.19. The van der Waals surface area contributed by atoms with E-state index in [0.29, 0.717) is 31.1 Å². The van der Waals surface area contributed by atoms with Gasteiger partial charge in [0.15, 0.2) is 5.60 Å². The van der Waals surface area contributed by atoms with E-state index in [1.54, 1.807) is 18.3 Å². The number of aromatic nitrogens is 1. The van der Waals surface area contributed by atoms with Crippen molar-refractivity contribution in [1.29, 1.82) is 0 Å². The molecule has 0 saturated heterocycles. The molecule has 0 saturated carbocycles. The highest BCUT2D eigenvalue weighted by Gasteiger charge is 2.30. The molecule has 0 unspecified atom stereocenters. The van der Waals surface area contributed by atoms with E-state index in [1.807, 2.05) is 54.3 Å². The molecule has 0 aliphatic rings. The van der Waals surface area contributed by atoms with E-state index < -0.39 is 23.3 Å². The second-order valence-corrected chi connectivity index (χ2v) is 10.2. The van der Waals surface area contributed by atoms with Crippen molar-refractivity contribution in [3.8, 4) is 16.9 Å². The molecular weight excluding hydrogens is 517 g/mol. The molecule has 208 valence electrons. The molecule has 1 N–H and O–H groups in total. The number of anilines is 1. The number of carbonyl (C=O) groups is 1. The molecule has 1 heterocycles. The lowest BCUT2D eigenvalue weighted by Gasteiger charge is -2.25. The lowest BCUT2D eigenvalue weighted by Crippen LogP contribution is -2.37. The first kappa shape index (κ1) is 28.7. The van der Waals surface area contributed by atoms with Crippen LogP contribution >= 0.6 is 0 Å². The Kier molecular flexibility index (Phi) is 8.47. The average Bonchev–Trinajstić information content (AvgIpc) is 2.91. The van der Waals surface area contributed by atoms with Crippen molar-refractivity contribution in [2.75, 3.05) is 11.4 Å². The zero-order chi connectivity index (χ0) is 28.9. The number of nitrogens with zero attached hydrogens (tertiary/aromatic N) is 2. The molecule has 3 aromatic carbocycles. The third-order valence-electron chi connectivity index (χ3n) is 6.56. The second kappa shape index (κ2) is 11.8. The second-order valence-electron chi connectivity index (χ2n) is 10.2. The van der Waals surface area contributed by atoms with Gasteiger partial charge in [-0.25, -0.2) is 9.78 Å². The Morgan fingerprint density at radius 1 is 0.900 bits per heavy atom. The fraction of sp³-hybridized carbons (Fsp3) is 0.250. The standard InChI is InChI=1S/C32H31F3N2O3/c1-22-5-4-6-25(19-22)26-11-16-29(36-20-26)37(21-24-7-12-27(13-8-24)32(33,34)35)18-17-23-9-14-28(15-10-23)40-31(2,3)30(38)39/h4-16,19-20H,17-18,21H2,1-3H3,(H,38,39). The maximum absolute atomic E-state index is 13.1. The first-order chi connectivity index (χ1) is 18.9. The monoisotopic (exact) mass is 548 g/mol. The van der Waals surface area contributed by atoms with Crippen molar-refractivity contribution >= 4 is 11.8 Å². The van der Waals surface area contributed by atoms with Crippen molar-refractivity contribution in [2.24, 2.45) is 0 Å². The number of pyridine rings is 1. The summed E-state index contributed by atoms with van der Waals surface area (Å²) in [5.74, 6) is 0.0991. The first-order valence-corrected chi connectivity index (χ1v) is 12.9. The van der Waals surface area contributed by atoms with Crippen LogP contribution in [0.5, 0.6) is 5.75 Å². The summed E-state index contributed by atoms with van der Waals surface area (Å²) in [6.07, 6.45) is -1.95. The summed E-state index contributed by atoms with van der Waals surface area (Å²) in [5.41, 5.74) is 2.87. The summed E-state index contributed by atoms with van der Waals surface area (Å²) < 4.78 is 44.8. The van der Waals surface area contributed by atoms with Gasteiger partial charge < -0.3 is 14.7 Å². The van der Waals surface area contributed by atoms with Gasteiger partial charge in [0.1, 0.15) is 11.6 Å². The predicted molar refractivity (Wildman–Crippen MR) is 149 cm³/mol. The van der Waals surface area contributed by atoms with Crippen LogP contribution in [0.25, 0.3) is 11.1 Å². The zero-order valence-electron chi connectivity index (χ0n) is 22.6. The van der Waals surface area contributed by atoms with Crippen molar-refractivity contribution in [3.05, 3.63) is 113 Å². The normalized spacial score (nSPS) is 11.8. The van der Waals surface area contributed by atoms with Crippen LogP contribution in [-0.2, 0) is 23.9 Å². The van der Waals surface area contributed by atoms with Crippen LogP contribution in [0.15, 0.2) is 91.1 Å². The molecule has 0 radical (unpaired) electrons. The van der Waals surface area contributed by atoms with Crippen LogP contribution in [0.4, 0.5) is 19.0 Å². The quantitative estimate of drug-likeness (QED) is 0.222. The Balaban J connectivity index is 1.53. The molecule has 4 aromatic rings. The number of carboxylic acids is 1. The molecule has 4 rings (SSSR count). The lowest BCUT2D eigenvalue weighted by molar-refractivity contribution is -0.152. The van der Waals surface area contributed by atoms with Crippen molar-refractivity contribution < 1.29 is 27.8 Å². The number of alkyl halides is 3. The molecule has 0 aliphatic heterocycles. The zero-order valence-corrected chi connectivity index (χ0v) is 22.6. The van der Waals surface area contributed by atoms with E-state index >= 15 is 0 Å². The molecular formula is C32H31F3N2O3. The Labute approximate surface area is 231 Å². The number of aryl methyl sites for hydroxylation is 1. The lowest BCUT2D eigenvalue weighted by atomic mass is 10.1. The Morgan fingerprint density at radius 3 is 2.15 bits per heavy atom. The molecule has 0 aliphatic carbocycles. The minimum absolute atomic E-state index is 0.378. The molecule has 8 heteroatoms. The summed E-state index contributed by atoms with van der Waals surface area (Å²) in [7, 11) is 0. The van der Waals surface area contributed by atoms with Crippen LogP contribution in [0.3, 0.4) is 0 Å². The molecule has 0 amide bonds. The average molecular weight is 549 g/mol. The van der Waals surface area contributed by atoms with Crippen LogP contribution in [0, 0.1) is 6.92 Å². The SMILES string of the molecule is Cc1cccc(-c2ccc(N(CCc3ccc(OC(C)(C)C(=O)O)cc3)Cc3ccc(C(F)(F)F)cc3)nc2)c1. The number of aliphatic carboxylic acids is 1. The number of ether oxygens (including phenoxy) is 1. The fourth-order valence-electron chi connectivity index (χ4n) is 4.19. The number of benzene rings is 3. The number of halogens is 3. The van der Waals surface area contributed by atoms with Gasteiger partial charge in [0.25, 0.3) is 0 Å². The van der Waals surface area contributed by atoms with Gasteiger partial charge in [0.05, 0.1) is 5.56 Å². The third-order valence-corrected chi connectivity index (χ3v) is 6.56. The Hall–Kier alpha value is -4.33. The van der Waals surface area contributed by atoms with Crippen molar-refractivity contribution in [1.82, 2.24) is 4.98 Å².